The Kier molecular flexibility index (Phi) is 4.60. The molecule has 0 bridgehead atoms. The van der Waals surface area contributed by atoms with E-state index < -0.39 is 0 Å². The van der Waals surface area contributed by atoms with Crippen LogP contribution in [-0.2, 0) is 10.8 Å². The van der Waals surface area contributed by atoms with Gasteiger partial charge in [0.15, 0.2) is 0 Å². The molecule has 172 valence electrons. The first kappa shape index (κ1) is 21.8. The summed E-state index contributed by atoms with van der Waals surface area (Å²) in [4.78, 5) is 4.86. The molecule has 4 aromatic carbocycles. The van der Waals surface area contributed by atoms with E-state index in [1.165, 1.54) is 44.5 Å². The van der Waals surface area contributed by atoms with Gasteiger partial charge in [-0.05, 0) is 80.8 Å². The molecule has 0 saturated heterocycles. The Bertz CT molecular complexity index is 1550. The fourth-order valence-corrected chi connectivity index (χ4v) is 6.12. The third-order valence-electron chi connectivity index (χ3n) is 8.21. The number of fused-ring (bicyclic) bond motifs is 6. The van der Waals surface area contributed by atoms with Crippen LogP contribution in [0.15, 0.2) is 96.5 Å². The van der Waals surface area contributed by atoms with Crippen molar-refractivity contribution >= 4 is 11.4 Å². The molecule has 4 aromatic rings. The first-order valence-electron chi connectivity index (χ1n) is 12.4. The van der Waals surface area contributed by atoms with Gasteiger partial charge in [-0.25, -0.2) is 0 Å². The maximum absolute atomic E-state index is 4.86. The van der Waals surface area contributed by atoms with Gasteiger partial charge in [-0.2, -0.15) is 0 Å². The second kappa shape index (κ2) is 7.39. The zero-order valence-electron chi connectivity index (χ0n) is 21.2. The van der Waals surface area contributed by atoms with Gasteiger partial charge in [-0.15, -0.1) is 0 Å². The van der Waals surface area contributed by atoms with E-state index >= 15 is 0 Å². The van der Waals surface area contributed by atoms with Crippen molar-refractivity contribution in [1.82, 2.24) is 0 Å². The molecular formula is C34H31N. The van der Waals surface area contributed by atoms with Gasteiger partial charge in [-0.3, -0.25) is 4.99 Å². The van der Waals surface area contributed by atoms with E-state index in [9.17, 15) is 0 Å². The average molecular weight is 454 g/mol. The van der Waals surface area contributed by atoms with E-state index in [0.717, 1.165) is 22.5 Å². The van der Waals surface area contributed by atoms with Crippen molar-refractivity contribution in [1.29, 1.82) is 0 Å². The van der Waals surface area contributed by atoms with Gasteiger partial charge in [0.1, 0.15) is 0 Å². The van der Waals surface area contributed by atoms with Crippen LogP contribution >= 0.6 is 0 Å². The number of benzene rings is 4. The summed E-state index contributed by atoms with van der Waals surface area (Å²) in [5, 5.41) is 0. The largest absolute Gasteiger partial charge is 0.253 e. The van der Waals surface area contributed by atoms with Crippen LogP contribution in [-0.4, -0.2) is 5.71 Å². The van der Waals surface area contributed by atoms with E-state index in [1.807, 2.05) is 18.2 Å². The lowest BCUT2D eigenvalue weighted by atomic mass is 9.79. The van der Waals surface area contributed by atoms with Crippen molar-refractivity contribution in [2.75, 3.05) is 0 Å². The van der Waals surface area contributed by atoms with Crippen molar-refractivity contribution in [2.24, 2.45) is 4.99 Å². The van der Waals surface area contributed by atoms with Crippen LogP contribution in [0.4, 0.5) is 0 Å². The summed E-state index contributed by atoms with van der Waals surface area (Å²) in [5.41, 5.74) is 15.0. The molecule has 1 heteroatoms. The van der Waals surface area contributed by atoms with Crippen LogP contribution < -0.4 is 0 Å². The number of hydrogen-bond donors (Lipinski definition) is 0. The highest BCUT2D eigenvalue weighted by atomic mass is 14.8. The van der Waals surface area contributed by atoms with Gasteiger partial charge in [0.2, 0.25) is 0 Å². The monoisotopic (exact) mass is 453 g/mol. The van der Waals surface area contributed by atoms with Crippen molar-refractivity contribution in [2.45, 2.75) is 45.4 Å². The first-order chi connectivity index (χ1) is 16.7. The van der Waals surface area contributed by atoms with Crippen molar-refractivity contribution in [3.63, 3.8) is 0 Å². The second-order valence-corrected chi connectivity index (χ2v) is 11.0. The summed E-state index contributed by atoms with van der Waals surface area (Å²) in [5.74, 6) is 0. The molecule has 0 heterocycles. The molecule has 0 saturated carbocycles. The van der Waals surface area contributed by atoms with Crippen LogP contribution in [0.2, 0.25) is 0 Å². The lowest BCUT2D eigenvalue weighted by Crippen LogP contribution is -2.17. The van der Waals surface area contributed by atoms with Crippen molar-refractivity contribution in [3.05, 3.63) is 125 Å². The minimum Gasteiger partial charge on any atom is -0.253 e. The Hall–Kier alpha value is -3.71. The molecule has 0 N–H and O–H groups in total. The van der Waals surface area contributed by atoms with E-state index in [-0.39, 0.29) is 10.8 Å². The quantitative estimate of drug-likeness (QED) is 0.275. The Balaban J connectivity index is 1.44. The molecule has 1 nitrogen and oxygen atoms in total. The number of nitrogens with zero attached hydrogens (tertiary/aromatic N) is 1. The van der Waals surface area contributed by atoms with Gasteiger partial charge in [0, 0.05) is 16.5 Å². The average Bonchev–Trinajstić information content (AvgIpc) is 3.23. The fraction of sp³-hybridized carbons (Fsp3) is 0.206. The topological polar surface area (TPSA) is 12.4 Å². The molecule has 0 spiro atoms. The second-order valence-electron chi connectivity index (χ2n) is 11.0. The van der Waals surface area contributed by atoms with Gasteiger partial charge in [0.25, 0.3) is 0 Å². The van der Waals surface area contributed by atoms with Crippen LogP contribution in [0.3, 0.4) is 0 Å². The van der Waals surface area contributed by atoms with Gasteiger partial charge >= 0.3 is 0 Å². The van der Waals surface area contributed by atoms with E-state index in [4.69, 9.17) is 4.99 Å². The first-order valence-corrected chi connectivity index (χ1v) is 12.4. The molecule has 6 rings (SSSR count). The zero-order valence-corrected chi connectivity index (χ0v) is 21.2. The minimum absolute atomic E-state index is 0.00571. The van der Waals surface area contributed by atoms with Gasteiger partial charge < -0.3 is 0 Å². The summed E-state index contributed by atoms with van der Waals surface area (Å²) in [6, 6.07) is 30.9. The molecule has 0 radical (unpaired) electrons. The third kappa shape index (κ3) is 3.11. The molecule has 2 aliphatic carbocycles. The van der Waals surface area contributed by atoms with Crippen LogP contribution in [0.5, 0.6) is 0 Å². The van der Waals surface area contributed by atoms with E-state index in [2.05, 4.69) is 108 Å². The molecule has 0 aromatic heterocycles. The Morgan fingerprint density at radius 2 is 1.11 bits per heavy atom. The maximum Gasteiger partial charge on any atom is 0.0633 e. The van der Waals surface area contributed by atoms with Gasteiger partial charge in [-0.1, -0.05) is 101 Å². The Morgan fingerprint density at radius 3 is 1.80 bits per heavy atom. The van der Waals surface area contributed by atoms with Crippen LogP contribution in [0.25, 0.3) is 28.0 Å². The Labute approximate surface area is 208 Å². The van der Waals surface area contributed by atoms with E-state index in [0.29, 0.717) is 0 Å². The highest BCUT2D eigenvalue weighted by Crippen LogP contribution is 2.56. The molecule has 0 unspecified atom stereocenters. The smallest absolute Gasteiger partial charge is 0.0633 e. The minimum atomic E-state index is -0.0874. The molecule has 0 fully saturated rings. The SMILES string of the molecule is C=C(/N=C(\C)c1ccccc1)c1ccc2c(c1)C(C)(C)c1cc3c(cc1-2)C(C)(C)c1ccccc1-3. The summed E-state index contributed by atoms with van der Waals surface area (Å²) in [6.07, 6.45) is 0. The lowest BCUT2D eigenvalue weighted by molar-refractivity contribution is 0.652. The maximum atomic E-state index is 4.86. The van der Waals surface area contributed by atoms with Crippen LogP contribution in [0.1, 0.15) is 68.0 Å². The highest BCUT2D eigenvalue weighted by Gasteiger charge is 2.41. The zero-order chi connectivity index (χ0) is 24.5. The molecule has 2 aliphatic rings. The standard InChI is InChI=1S/C34H31N/c1-21(23-12-8-7-9-13-23)35-22(2)24-16-17-26-28-20-31-27(19-32(28)34(5,6)30(26)18-24)25-14-10-11-15-29(25)33(31,3)4/h7-20H,2H2,1,3-6H3/b35-21+. The predicted molar refractivity (Wildman–Crippen MR) is 149 cm³/mol. The normalized spacial score (nSPS) is 16.3. The Morgan fingerprint density at radius 1 is 0.571 bits per heavy atom. The summed E-state index contributed by atoms with van der Waals surface area (Å²) >= 11 is 0. The summed E-state index contributed by atoms with van der Waals surface area (Å²) in [6.45, 7) is 15.8. The van der Waals surface area contributed by atoms with E-state index in [1.54, 1.807) is 0 Å². The summed E-state index contributed by atoms with van der Waals surface area (Å²) < 4.78 is 0. The lowest BCUT2D eigenvalue weighted by Gasteiger charge is -2.24. The molecule has 0 aliphatic heterocycles. The molecular weight excluding hydrogens is 422 g/mol. The number of hydrogen-bond acceptors (Lipinski definition) is 1. The number of rotatable bonds is 3. The highest BCUT2D eigenvalue weighted by molar-refractivity contribution is 6.01. The van der Waals surface area contributed by atoms with Gasteiger partial charge in [0.05, 0.1) is 5.70 Å². The predicted octanol–water partition coefficient (Wildman–Crippen LogP) is 8.78. The molecule has 35 heavy (non-hydrogen) atoms. The van der Waals surface area contributed by atoms with Crippen molar-refractivity contribution < 1.29 is 0 Å². The molecule has 0 amide bonds. The molecule has 0 atom stereocenters. The third-order valence-corrected chi connectivity index (χ3v) is 8.21. The number of aliphatic imine (C=N–C) groups is 1. The van der Waals surface area contributed by atoms with Crippen molar-refractivity contribution in [3.8, 4) is 22.3 Å². The summed E-state index contributed by atoms with van der Waals surface area (Å²) in [7, 11) is 0. The van der Waals surface area contributed by atoms with Crippen LogP contribution in [0, 0.1) is 0 Å². The fourth-order valence-electron chi connectivity index (χ4n) is 6.12.